The van der Waals surface area contributed by atoms with E-state index in [0.29, 0.717) is 71.9 Å². The van der Waals surface area contributed by atoms with Gasteiger partial charge in [0.15, 0.2) is 5.75 Å². The van der Waals surface area contributed by atoms with Crippen molar-refractivity contribution in [2.24, 2.45) is 0 Å². The molecule has 1 aromatic carbocycles. The molecule has 0 saturated carbocycles. The number of para-hydroxylation sites is 1. The van der Waals surface area contributed by atoms with E-state index in [0.717, 1.165) is 11.3 Å². The SMILES string of the molecule is COc1c(Cl)cccc1Nc1c(-c2ccncc2OC(C)C2COCCO2)[nH]c2c1C(=O)NCC2. The van der Waals surface area contributed by atoms with E-state index >= 15 is 0 Å². The third-order valence-electron chi connectivity index (χ3n) is 6.13. The van der Waals surface area contributed by atoms with Crippen LogP contribution in [0.15, 0.2) is 36.7 Å². The quantitative estimate of drug-likeness (QED) is 0.452. The van der Waals surface area contributed by atoms with E-state index in [-0.39, 0.29) is 18.1 Å². The van der Waals surface area contributed by atoms with Gasteiger partial charge < -0.3 is 34.6 Å². The van der Waals surface area contributed by atoms with Crippen LogP contribution >= 0.6 is 11.6 Å². The van der Waals surface area contributed by atoms with Gasteiger partial charge in [-0.05, 0) is 25.1 Å². The number of fused-ring (bicyclic) bond motifs is 1. The number of amides is 1. The maximum Gasteiger partial charge on any atom is 0.255 e. The monoisotopic (exact) mass is 498 g/mol. The van der Waals surface area contributed by atoms with Gasteiger partial charge in [0.1, 0.15) is 18.0 Å². The first kappa shape index (κ1) is 23.5. The summed E-state index contributed by atoms with van der Waals surface area (Å²) >= 11 is 6.35. The molecule has 0 radical (unpaired) electrons. The molecule has 3 N–H and O–H groups in total. The predicted octanol–water partition coefficient (Wildman–Crippen LogP) is 3.95. The minimum absolute atomic E-state index is 0.158. The van der Waals surface area contributed by atoms with Crippen molar-refractivity contribution < 1.29 is 23.7 Å². The van der Waals surface area contributed by atoms with E-state index in [9.17, 15) is 4.79 Å². The molecule has 0 bridgehead atoms. The van der Waals surface area contributed by atoms with Gasteiger partial charge >= 0.3 is 0 Å². The molecule has 5 rings (SSSR count). The van der Waals surface area contributed by atoms with Gasteiger partial charge in [-0.1, -0.05) is 17.7 Å². The van der Waals surface area contributed by atoms with Crippen LogP contribution in [0.5, 0.6) is 11.5 Å². The fourth-order valence-corrected chi connectivity index (χ4v) is 4.64. The molecule has 2 unspecified atom stereocenters. The molecule has 3 aromatic rings. The Bertz CT molecular complexity index is 1220. The van der Waals surface area contributed by atoms with Crippen LogP contribution < -0.4 is 20.1 Å². The number of anilines is 2. The number of aromatic nitrogens is 2. The lowest BCUT2D eigenvalue weighted by Gasteiger charge is -2.29. The lowest BCUT2D eigenvalue weighted by Crippen LogP contribution is -2.40. The first-order valence-corrected chi connectivity index (χ1v) is 11.9. The van der Waals surface area contributed by atoms with Crippen LogP contribution in [0.3, 0.4) is 0 Å². The highest BCUT2D eigenvalue weighted by atomic mass is 35.5. The Morgan fingerprint density at radius 3 is 2.97 bits per heavy atom. The third-order valence-corrected chi connectivity index (χ3v) is 6.43. The first-order valence-electron chi connectivity index (χ1n) is 11.5. The first-order chi connectivity index (χ1) is 17.1. The largest absolute Gasteiger partial charge is 0.493 e. The van der Waals surface area contributed by atoms with Gasteiger partial charge in [0.05, 0.1) is 60.8 Å². The predicted molar refractivity (Wildman–Crippen MR) is 132 cm³/mol. The second-order valence-electron chi connectivity index (χ2n) is 8.36. The maximum absolute atomic E-state index is 12.9. The number of benzene rings is 1. The highest BCUT2D eigenvalue weighted by molar-refractivity contribution is 6.32. The Kier molecular flexibility index (Phi) is 6.81. The molecule has 184 valence electrons. The van der Waals surface area contributed by atoms with Gasteiger partial charge in [0, 0.05) is 30.4 Å². The Morgan fingerprint density at radius 1 is 1.29 bits per heavy atom. The number of nitrogens with one attached hydrogen (secondary N) is 3. The summed E-state index contributed by atoms with van der Waals surface area (Å²) in [5.41, 5.74) is 4.10. The molecule has 0 spiro atoms. The van der Waals surface area contributed by atoms with Gasteiger partial charge in [0.2, 0.25) is 0 Å². The number of hydrogen-bond donors (Lipinski definition) is 3. The summed E-state index contributed by atoms with van der Waals surface area (Å²) in [6.45, 7) is 4.08. The molecule has 35 heavy (non-hydrogen) atoms. The van der Waals surface area contributed by atoms with Gasteiger partial charge in [0.25, 0.3) is 5.91 Å². The van der Waals surface area contributed by atoms with Crippen LogP contribution in [0.4, 0.5) is 11.4 Å². The number of halogens is 1. The van der Waals surface area contributed by atoms with Crippen molar-refractivity contribution in [1.82, 2.24) is 15.3 Å². The second kappa shape index (κ2) is 10.2. The highest BCUT2D eigenvalue weighted by Gasteiger charge is 2.30. The van der Waals surface area contributed by atoms with Crippen LogP contribution in [0.1, 0.15) is 23.0 Å². The summed E-state index contributed by atoms with van der Waals surface area (Å²) in [6, 6.07) is 7.27. The van der Waals surface area contributed by atoms with Gasteiger partial charge in [-0.15, -0.1) is 0 Å². The molecule has 2 aliphatic rings. The number of ether oxygens (including phenoxy) is 4. The van der Waals surface area contributed by atoms with Crippen LogP contribution in [0, 0.1) is 0 Å². The molecule has 4 heterocycles. The summed E-state index contributed by atoms with van der Waals surface area (Å²) in [5, 5.41) is 6.78. The number of H-pyrrole nitrogens is 1. The van der Waals surface area contributed by atoms with Crippen molar-refractivity contribution in [2.75, 3.05) is 38.8 Å². The Labute approximate surface area is 208 Å². The molecule has 2 aromatic heterocycles. The molecule has 0 aliphatic carbocycles. The van der Waals surface area contributed by atoms with Crippen molar-refractivity contribution in [3.05, 3.63) is 52.9 Å². The minimum atomic E-state index is -0.268. The number of methoxy groups -OCH3 is 1. The average Bonchev–Trinajstić information content (AvgIpc) is 3.24. The minimum Gasteiger partial charge on any atom is -0.493 e. The Balaban J connectivity index is 1.57. The molecule has 1 fully saturated rings. The standard InChI is InChI=1S/C25H27ClN4O5/c1-14(20-13-33-10-11-34-20)35-19-12-27-8-6-15(19)22-23(21-17(29-22)7-9-28-25(21)31)30-18-5-3-4-16(26)24(18)32-2/h3-6,8,12,14,20,29-30H,7,9-11,13H2,1-2H3,(H,28,31). The number of carbonyl (C=O) groups is 1. The number of aromatic amines is 1. The number of nitrogens with zero attached hydrogens (tertiary/aromatic N) is 1. The van der Waals surface area contributed by atoms with Gasteiger partial charge in [-0.25, -0.2) is 0 Å². The topological polar surface area (TPSA) is 107 Å². The number of carbonyl (C=O) groups excluding carboxylic acids is 1. The zero-order valence-electron chi connectivity index (χ0n) is 19.5. The van der Waals surface area contributed by atoms with E-state index in [1.54, 1.807) is 25.6 Å². The summed E-state index contributed by atoms with van der Waals surface area (Å²) in [6.07, 6.45) is 3.58. The van der Waals surface area contributed by atoms with Crippen LogP contribution in [0.2, 0.25) is 5.02 Å². The van der Waals surface area contributed by atoms with Crippen LogP contribution in [-0.2, 0) is 15.9 Å². The number of pyridine rings is 1. The fourth-order valence-electron chi connectivity index (χ4n) is 4.39. The normalized spacial score (nSPS) is 18.4. The van der Waals surface area contributed by atoms with E-state index in [1.165, 1.54) is 0 Å². The molecular weight excluding hydrogens is 472 g/mol. The van der Waals surface area contributed by atoms with E-state index in [4.69, 9.17) is 30.5 Å². The van der Waals surface area contributed by atoms with Crippen molar-refractivity contribution in [1.29, 1.82) is 0 Å². The molecule has 1 amide bonds. The fraction of sp³-hybridized carbons (Fsp3) is 0.360. The van der Waals surface area contributed by atoms with Crippen molar-refractivity contribution >= 4 is 28.9 Å². The molecule has 2 aliphatic heterocycles. The lowest BCUT2D eigenvalue weighted by molar-refractivity contribution is -0.122. The van der Waals surface area contributed by atoms with Crippen LogP contribution in [-0.4, -0.2) is 61.6 Å². The zero-order chi connectivity index (χ0) is 24.4. The number of rotatable bonds is 7. The number of hydrogen-bond acceptors (Lipinski definition) is 7. The third kappa shape index (κ3) is 4.67. The van der Waals surface area contributed by atoms with Gasteiger partial charge in [-0.2, -0.15) is 0 Å². The summed E-state index contributed by atoms with van der Waals surface area (Å²) < 4.78 is 23.2. The molecule has 9 nitrogen and oxygen atoms in total. The summed E-state index contributed by atoms with van der Waals surface area (Å²) in [5.74, 6) is 0.893. The molecule has 1 saturated heterocycles. The molecule has 2 atom stereocenters. The van der Waals surface area contributed by atoms with E-state index < -0.39 is 0 Å². The molecule has 10 heteroatoms. The van der Waals surface area contributed by atoms with Crippen molar-refractivity contribution in [3.63, 3.8) is 0 Å². The lowest BCUT2D eigenvalue weighted by atomic mass is 10.0. The van der Waals surface area contributed by atoms with Gasteiger partial charge in [-0.3, -0.25) is 9.78 Å². The maximum atomic E-state index is 12.9. The van der Waals surface area contributed by atoms with Crippen molar-refractivity contribution in [3.8, 4) is 22.8 Å². The summed E-state index contributed by atoms with van der Waals surface area (Å²) in [7, 11) is 1.56. The molecular formula is C25H27ClN4O5. The van der Waals surface area contributed by atoms with E-state index in [1.807, 2.05) is 25.1 Å². The Morgan fingerprint density at radius 2 is 2.17 bits per heavy atom. The zero-order valence-corrected chi connectivity index (χ0v) is 20.3. The highest BCUT2D eigenvalue weighted by Crippen LogP contribution is 2.43. The van der Waals surface area contributed by atoms with E-state index in [2.05, 4.69) is 20.6 Å². The average molecular weight is 499 g/mol. The Hall–Kier alpha value is -3.27. The van der Waals surface area contributed by atoms with Crippen LogP contribution in [0.25, 0.3) is 11.3 Å². The second-order valence-corrected chi connectivity index (χ2v) is 8.77. The smallest absolute Gasteiger partial charge is 0.255 e. The summed E-state index contributed by atoms with van der Waals surface area (Å²) in [4.78, 5) is 20.7. The van der Waals surface area contributed by atoms with Crippen molar-refractivity contribution in [2.45, 2.75) is 25.6 Å².